The van der Waals surface area contributed by atoms with Gasteiger partial charge >= 0.3 is 0 Å². The molecule has 1 aliphatic rings. The van der Waals surface area contributed by atoms with Gasteiger partial charge in [0, 0.05) is 0 Å². The van der Waals surface area contributed by atoms with E-state index in [9.17, 15) is 4.79 Å². The molecule has 1 rings (SSSR count). The molecule has 0 fully saturated rings. The fourth-order valence-electron chi connectivity index (χ4n) is 1.25. The van der Waals surface area contributed by atoms with Crippen molar-refractivity contribution >= 4 is 5.78 Å². The van der Waals surface area contributed by atoms with Crippen LogP contribution in [0.2, 0.25) is 0 Å². The zero-order valence-corrected chi connectivity index (χ0v) is 6.77. The molecule has 1 N–H and O–H groups in total. The zero-order chi connectivity index (χ0) is 7.72. The van der Waals surface area contributed by atoms with Gasteiger partial charge in [-0.25, -0.2) is 0 Å². The Bertz CT molecular complexity index is 184. The van der Waals surface area contributed by atoms with E-state index >= 15 is 0 Å². The molecule has 56 valence electrons. The van der Waals surface area contributed by atoms with Crippen molar-refractivity contribution in [2.75, 3.05) is 13.6 Å². The maximum atomic E-state index is 11.1. The van der Waals surface area contributed by atoms with Crippen molar-refractivity contribution in [1.29, 1.82) is 0 Å². The second-order valence-electron chi connectivity index (χ2n) is 3.14. The largest absolute Gasteiger partial charge is 0.325 e. The lowest BCUT2D eigenvalue weighted by Crippen LogP contribution is -3.14. The molecule has 0 radical (unpaired) electrons. The van der Waals surface area contributed by atoms with Crippen molar-refractivity contribution in [3.8, 4) is 0 Å². The van der Waals surface area contributed by atoms with Gasteiger partial charge in [0.2, 0.25) is 5.78 Å². The van der Waals surface area contributed by atoms with Gasteiger partial charge in [0.05, 0.1) is 13.6 Å². The van der Waals surface area contributed by atoms with Gasteiger partial charge in [-0.3, -0.25) is 4.79 Å². The second kappa shape index (κ2) is 2.54. The van der Waals surface area contributed by atoms with E-state index in [1.54, 1.807) is 6.08 Å². The Hall–Kier alpha value is -0.630. The Balaban J connectivity index is 2.79. The van der Waals surface area contributed by atoms with Crippen LogP contribution in [0.4, 0.5) is 0 Å². The lowest BCUT2D eigenvalue weighted by molar-refractivity contribution is -0.890. The van der Waals surface area contributed by atoms with E-state index in [0.717, 1.165) is 6.54 Å². The van der Waals surface area contributed by atoms with Crippen LogP contribution in [0.15, 0.2) is 11.6 Å². The third kappa shape index (κ3) is 1.27. The Morgan fingerprint density at radius 1 is 1.70 bits per heavy atom. The minimum Gasteiger partial charge on any atom is -0.325 e. The van der Waals surface area contributed by atoms with E-state index in [1.807, 2.05) is 13.8 Å². The molecule has 10 heavy (non-hydrogen) atoms. The molecule has 1 aliphatic heterocycles. The number of likely N-dealkylation sites (N-methyl/N-ethyl adjacent to an activating group) is 1. The number of nitrogens with one attached hydrogen (secondary N) is 1. The van der Waals surface area contributed by atoms with Crippen LogP contribution in [0.3, 0.4) is 0 Å². The molecular weight excluding hydrogens is 126 g/mol. The molecule has 0 bridgehead atoms. The SMILES string of the molecule is CC1=CC(=O)[C@@H](C)[NH+](C)C1. The molecule has 0 saturated carbocycles. The van der Waals surface area contributed by atoms with E-state index in [-0.39, 0.29) is 11.8 Å². The number of carbonyl (C=O) groups is 1. The fraction of sp³-hybridized carbons (Fsp3) is 0.625. The van der Waals surface area contributed by atoms with Crippen LogP contribution in [0.5, 0.6) is 0 Å². The molecule has 1 unspecified atom stereocenters. The van der Waals surface area contributed by atoms with Crippen molar-refractivity contribution in [2.24, 2.45) is 0 Å². The molecule has 0 aromatic rings. The third-order valence-corrected chi connectivity index (χ3v) is 2.11. The summed E-state index contributed by atoms with van der Waals surface area (Å²) in [6.07, 6.45) is 1.76. The first-order valence-corrected chi connectivity index (χ1v) is 3.64. The van der Waals surface area contributed by atoms with Crippen LogP contribution >= 0.6 is 0 Å². The van der Waals surface area contributed by atoms with E-state index in [4.69, 9.17) is 0 Å². The summed E-state index contributed by atoms with van der Waals surface area (Å²) in [5.74, 6) is 0.265. The van der Waals surface area contributed by atoms with Gasteiger partial charge < -0.3 is 4.90 Å². The Morgan fingerprint density at radius 2 is 2.30 bits per heavy atom. The predicted molar refractivity (Wildman–Crippen MR) is 40.0 cm³/mol. The van der Waals surface area contributed by atoms with Gasteiger partial charge in [-0.05, 0) is 25.5 Å². The zero-order valence-electron chi connectivity index (χ0n) is 6.77. The first kappa shape index (κ1) is 7.48. The highest BCUT2D eigenvalue weighted by atomic mass is 16.1. The molecule has 0 aliphatic carbocycles. The van der Waals surface area contributed by atoms with Gasteiger partial charge in [0.1, 0.15) is 6.04 Å². The number of carbonyl (C=O) groups excluding carboxylic acids is 1. The number of quaternary nitrogens is 1. The van der Waals surface area contributed by atoms with Crippen LogP contribution in [-0.4, -0.2) is 25.4 Å². The third-order valence-electron chi connectivity index (χ3n) is 2.11. The smallest absolute Gasteiger partial charge is 0.212 e. The van der Waals surface area contributed by atoms with Crippen molar-refractivity contribution in [3.63, 3.8) is 0 Å². The van der Waals surface area contributed by atoms with Crippen LogP contribution in [0, 0.1) is 0 Å². The van der Waals surface area contributed by atoms with Crippen LogP contribution < -0.4 is 4.90 Å². The van der Waals surface area contributed by atoms with Crippen LogP contribution in [0.25, 0.3) is 0 Å². The van der Waals surface area contributed by atoms with Gasteiger partial charge in [-0.2, -0.15) is 0 Å². The van der Waals surface area contributed by atoms with Gasteiger partial charge in [-0.15, -0.1) is 0 Å². The molecular formula is C8H14NO+. The number of rotatable bonds is 0. The highest BCUT2D eigenvalue weighted by molar-refractivity contribution is 5.94. The quantitative estimate of drug-likeness (QED) is 0.477. The summed E-state index contributed by atoms with van der Waals surface area (Å²) in [7, 11) is 2.05. The highest BCUT2D eigenvalue weighted by Crippen LogP contribution is 1.96. The van der Waals surface area contributed by atoms with Gasteiger partial charge in [-0.1, -0.05) is 0 Å². The molecule has 0 amide bonds. The second-order valence-corrected chi connectivity index (χ2v) is 3.14. The minimum atomic E-state index is 0.156. The van der Waals surface area contributed by atoms with E-state index < -0.39 is 0 Å². The monoisotopic (exact) mass is 140 g/mol. The van der Waals surface area contributed by atoms with Crippen molar-refractivity contribution in [1.82, 2.24) is 0 Å². The first-order chi connectivity index (χ1) is 4.61. The molecule has 0 aromatic carbocycles. The molecule has 2 atom stereocenters. The average molecular weight is 140 g/mol. The summed E-state index contributed by atoms with van der Waals surface area (Å²) < 4.78 is 0. The van der Waals surface area contributed by atoms with Gasteiger partial charge in [0.15, 0.2) is 0 Å². The van der Waals surface area contributed by atoms with Crippen molar-refractivity contribution in [2.45, 2.75) is 19.9 Å². The van der Waals surface area contributed by atoms with Crippen LogP contribution in [-0.2, 0) is 4.79 Å². The highest BCUT2D eigenvalue weighted by Gasteiger charge is 2.24. The average Bonchev–Trinajstić information content (AvgIpc) is 1.82. The van der Waals surface area contributed by atoms with Crippen molar-refractivity contribution < 1.29 is 9.69 Å². The molecule has 1 heterocycles. The Morgan fingerprint density at radius 3 is 2.80 bits per heavy atom. The Kier molecular flexibility index (Phi) is 1.90. The molecule has 2 heteroatoms. The summed E-state index contributed by atoms with van der Waals surface area (Å²) in [5, 5.41) is 0. The van der Waals surface area contributed by atoms with E-state index in [2.05, 4.69) is 7.05 Å². The molecule has 0 saturated heterocycles. The van der Waals surface area contributed by atoms with Crippen molar-refractivity contribution in [3.05, 3.63) is 11.6 Å². The number of hydrogen-bond donors (Lipinski definition) is 1. The Labute approximate surface area is 61.5 Å². The molecule has 2 nitrogen and oxygen atoms in total. The summed E-state index contributed by atoms with van der Waals surface area (Å²) >= 11 is 0. The molecule has 0 spiro atoms. The summed E-state index contributed by atoms with van der Waals surface area (Å²) in [4.78, 5) is 12.4. The standard InChI is InChI=1S/C8H13NO/c1-6-4-8(10)7(2)9(3)5-6/h4,7H,5H2,1-3H3/p+1/t7-/m1/s1. The summed E-state index contributed by atoms with van der Waals surface area (Å²) in [6.45, 7) is 4.99. The molecule has 0 aromatic heterocycles. The lowest BCUT2D eigenvalue weighted by atomic mass is 10.1. The predicted octanol–water partition coefficient (Wildman–Crippen LogP) is -0.581. The number of ketones is 1. The van der Waals surface area contributed by atoms with Gasteiger partial charge in [0.25, 0.3) is 0 Å². The summed E-state index contributed by atoms with van der Waals surface area (Å²) in [5.41, 5.74) is 1.20. The summed E-state index contributed by atoms with van der Waals surface area (Å²) in [6, 6.07) is 0.156. The maximum Gasteiger partial charge on any atom is 0.212 e. The lowest BCUT2D eigenvalue weighted by Gasteiger charge is -2.23. The fourth-order valence-corrected chi connectivity index (χ4v) is 1.25. The number of hydrogen-bond acceptors (Lipinski definition) is 1. The van der Waals surface area contributed by atoms with E-state index in [0.29, 0.717) is 0 Å². The van der Waals surface area contributed by atoms with Crippen LogP contribution in [0.1, 0.15) is 13.8 Å². The van der Waals surface area contributed by atoms with E-state index in [1.165, 1.54) is 10.5 Å². The maximum absolute atomic E-state index is 11.1. The normalized spacial score (nSPS) is 33.9. The minimum absolute atomic E-state index is 0.156. The topological polar surface area (TPSA) is 21.5 Å². The first-order valence-electron chi connectivity index (χ1n) is 3.64.